The third-order valence-corrected chi connectivity index (χ3v) is 7.39. The number of ether oxygens (including phenoxy) is 1. The van der Waals surface area contributed by atoms with Crippen LogP contribution in [0.4, 0.5) is 0 Å². The van der Waals surface area contributed by atoms with Crippen molar-refractivity contribution in [2.24, 2.45) is 12.5 Å². The number of likely N-dealkylation sites (tertiary alicyclic amines) is 2. The molecule has 7 nitrogen and oxygen atoms in total. The fourth-order valence-corrected chi connectivity index (χ4v) is 5.60. The molecule has 1 spiro atoms. The van der Waals surface area contributed by atoms with Crippen molar-refractivity contribution in [1.29, 1.82) is 0 Å². The van der Waals surface area contributed by atoms with E-state index >= 15 is 0 Å². The highest BCUT2D eigenvalue weighted by molar-refractivity contribution is 5.94. The molecule has 33 heavy (non-hydrogen) atoms. The second kappa shape index (κ2) is 8.98. The topological polar surface area (TPSA) is 63.5 Å². The van der Waals surface area contributed by atoms with Crippen molar-refractivity contribution in [2.75, 3.05) is 33.3 Å². The molecular weight excluding hydrogens is 414 g/mol. The molecule has 0 N–H and O–H groups in total. The quantitative estimate of drug-likeness (QED) is 0.603. The molecule has 2 aromatic carbocycles. The van der Waals surface area contributed by atoms with Crippen LogP contribution in [0.15, 0.2) is 60.9 Å². The van der Waals surface area contributed by atoms with Gasteiger partial charge < -0.3 is 14.2 Å². The van der Waals surface area contributed by atoms with Crippen molar-refractivity contribution in [2.45, 2.75) is 25.3 Å². The number of aryl methyl sites for hydroxylation is 1. The molecule has 1 amide bonds. The van der Waals surface area contributed by atoms with Crippen LogP contribution in [0.3, 0.4) is 0 Å². The Morgan fingerprint density at radius 3 is 2.61 bits per heavy atom. The first-order chi connectivity index (χ1) is 16.1. The Balaban J connectivity index is 1.34. The fourth-order valence-electron chi connectivity index (χ4n) is 5.60. The molecule has 3 heterocycles. The molecule has 1 atom stereocenters. The molecule has 2 fully saturated rings. The normalized spacial score (nSPS) is 20.3. The van der Waals surface area contributed by atoms with Gasteiger partial charge in [-0.25, -0.2) is 0 Å². The molecule has 2 saturated heterocycles. The lowest BCUT2D eigenvalue weighted by Crippen LogP contribution is -2.46. The molecule has 0 bridgehead atoms. The monoisotopic (exact) mass is 445 g/mol. The number of amides is 1. The van der Waals surface area contributed by atoms with Gasteiger partial charge in [-0.1, -0.05) is 36.4 Å². The first-order valence-corrected chi connectivity index (χ1v) is 11.6. The Labute approximate surface area is 195 Å². The molecule has 1 unspecified atom stereocenters. The SMILES string of the molecule is COc1cccc(C(=O)N2CCC3(CC2)CN(Cc2ccccc2)CC3c2nncn2C)c1. The minimum absolute atomic E-state index is 0.0816. The maximum Gasteiger partial charge on any atom is 0.253 e. The van der Waals surface area contributed by atoms with Gasteiger partial charge in [0.25, 0.3) is 5.91 Å². The van der Waals surface area contributed by atoms with Gasteiger partial charge in [0.05, 0.1) is 7.11 Å². The third-order valence-electron chi connectivity index (χ3n) is 7.39. The minimum Gasteiger partial charge on any atom is -0.497 e. The second-order valence-electron chi connectivity index (χ2n) is 9.39. The van der Waals surface area contributed by atoms with E-state index in [9.17, 15) is 4.79 Å². The summed E-state index contributed by atoms with van der Waals surface area (Å²) in [6, 6.07) is 18.1. The number of hydrogen-bond donors (Lipinski definition) is 0. The van der Waals surface area contributed by atoms with Crippen LogP contribution in [0.25, 0.3) is 0 Å². The van der Waals surface area contributed by atoms with Gasteiger partial charge >= 0.3 is 0 Å². The molecule has 0 aliphatic carbocycles. The summed E-state index contributed by atoms with van der Waals surface area (Å²) in [6.45, 7) is 4.42. The third kappa shape index (κ3) is 4.25. The number of aromatic nitrogens is 3. The Morgan fingerprint density at radius 1 is 1.12 bits per heavy atom. The summed E-state index contributed by atoms with van der Waals surface area (Å²) in [5, 5.41) is 8.67. The zero-order valence-electron chi connectivity index (χ0n) is 19.4. The predicted octanol–water partition coefficient (Wildman–Crippen LogP) is 3.35. The molecule has 0 saturated carbocycles. The minimum atomic E-state index is 0.0816. The van der Waals surface area contributed by atoms with E-state index in [0.29, 0.717) is 17.2 Å². The van der Waals surface area contributed by atoms with E-state index in [1.165, 1.54) is 5.56 Å². The van der Waals surface area contributed by atoms with Crippen molar-refractivity contribution >= 4 is 5.91 Å². The predicted molar refractivity (Wildman–Crippen MR) is 126 cm³/mol. The number of benzene rings is 2. The summed E-state index contributed by atoms with van der Waals surface area (Å²) in [5.74, 6) is 2.16. The van der Waals surface area contributed by atoms with Crippen molar-refractivity contribution in [3.8, 4) is 5.75 Å². The van der Waals surface area contributed by atoms with Crippen LogP contribution in [0.5, 0.6) is 5.75 Å². The van der Waals surface area contributed by atoms with Gasteiger partial charge in [-0.2, -0.15) is 0 Å². The lowest BCUT2D eigenvalue weighted by Gasteiger charge is -2.42. The highest BCUT2D eigenvalue weighted by atomic mass is 16.5. The first kappa shape index (κ1) is 21.6. The Morgan fingerprint density at radius 2 is 1.91 bits per heavy atom. The molecule has 5 rings (SSSR count). The number of methoxy groups -OCH3 is 1. The standard InChI is InChI=1S/C26H31N5O2/c1-29-19-27-28-24(29)23-17-30(16-20-7-4-3-5-8-20)18-26(23)11-13-31(14-12-26)25(32)21-9-6-10-22(15-21)33-2/h3-10,15,19,23H,11-14,16-18H2,1-2H3. The summed E-state index contributed by atoms with van der Waals surface area (Å²) in [6.07, 6.45) is 3.72. The summed E-state index contributed by atoms with van der Waals surface area (Å²) in [4.78, 5) is 17.7. The molecule has 172 valence electrons. The van der Waals surface area contributed by atoms with Crippen LogP contribution < -0.4 is 4.74 Å². The van der Waals surface area contributed by atoms with E-state index in [1.807, 2.05) is 36.2 Å². The average molecular weight is 446 g/mol. The van der Waals surface area contributed by atoms with Crippen molar-refractivity contribution < 1.29 is 9.53 Å². The number of piperidine rings is 1. The zero-order chi connectivity index (χ0) is 22.8. The van der Waals surface area contributed by atoms with E-state index in [-0.39, 0.29) is 11.3 Å². The highest BCUT2D eigenvalue weighted by Gasteiger charge is 2.50. The van der Waals surface area contributed by atoms with Crippen molar-refractivity contribution in [3.05, 3.63) is 77.9 Å². The lowest BCUT2D eigenvalue weighted by atomic mass is 9.70. The van der Waals surface area contributed by atoms with Crippen LogP contribution in [-0.4, -0.2) is 63.8 Å². The number of carbonyl (C=O) groups excluding carboxylic acids is 1. The van der Waals surface area contributed by atoms with Gasteiger partial charge in [-0.15, -0.1) is 10.2 Å². The Bertz CT molecular complexity index is 1100. The fraction of sp³-hybridized carbons (Fsp3) is 0.423. The van der Waals surface area contributed by atoms with Gasteiger partial charge in [0, 0.05) is 51.3 Å². The molecule has 1 aromatic heterocycles. The van der Waals surface area contributed by atoms with Gasteiger partial charge in [0.1, 0.15) is 17.9 Å². The molecular formula is C26H31N5O2. The summed E-state index contributed by atoms with van der Waals surface area (Å²) < 4.78 is 7.37. The number of hydrogen-bond acceptors (Lipinski definition) is 5. The van der Waals surface area contributed by atoms with E-state index in [2.05, 4.69) is 50.0 Å². The number of nitrogens with zero attached hydrogens (tertiary/aromatic N) is 5. The van der Waals surface area contributed by atoms with E-state index < -0.39 is 0 Å². The number of carbonyl (C=O) groups is 1. The summed E-state index contributed by atoms with van der Waals surface area (Å²) in [7, 11) is 3.66. The van der Waals surface area contributed by atoms with Crippen LogP contribution >= 0.6 is 0 Å². The smallest absolute Gasteiger partial charge is 0.253 e. The van der Waals surface area contributed by atoms with Crippen molar-refractivity contribution in [3.63, 3.8) is 0 Å². The highest BCUT2D eigenvalue weighted by Crippen LogP contribution is 2.49. The largest absolute Gasteiger partial charge is 0.497 e. The number of rotatable bonds is 5. The molecule has 2 aliphatic heterocycles. The van der Waals surface area contributed by atoms with E-state index in [4.69, 9.17) is 4.74 Å². The molecule has 7 heteroatoms. The molecule has 0 radical (unpaired) electrons. The Kier molecular flexibility index (Phi) is 5.89. The van der Waals surface area contributed by atoms with Crippen LogP contribution in [-0.2, 0) is 13.6 Å². The zero-order valence-corrected chi connectivity index (χ0v) is 19.4. The van der Waals surface area contributed by atoms with Crippen LogP contribution in [0.2, 0.25) is 0 Å². The van der Waals surface area contributed by atoms with E-state index in [1.54, 1.807) is 13.4 Å². The maximum atomic E-state index is 13.2. The second-order valence-corrected chi connectivity index (χ2v) is 9.39. The van der Waals surface area contributed by atoms with Crippen LogP contribution in [0, 0.1) is 5.41 Å². The molecule has 2 aliphatic rings. The van der Waals surface area contributed by atoms with Gasteiger partial charge in [0.15, 0.2) is 0 Å². The summed E-state index contributed by atoms with van der Waals surface area (Å²) >= 11 is 0. The van der Waals surface area contributed by atoms with Crippen molar-refractivity contribution in [1.82, 2.24) is 24.6 Å². The lowest BCUT2D eigenvalue weighted by molar-refractivity contribution is 0.0554. The average Bonchev–Trinajstić information content (AvgIpc) is 3.42. The van der Waals surface area contributed by atoms with E-state index in [0.717, 1.165) is 51.4 Å². The van der Waals surface area contributed by atoms with Gasteiger partial charge in [0.2, 0.25) is 0 Å². The first-order valence-electron chi connectivity index (χ1n) is 11.6. The Hall–Kier alpha value is -3.19. The van der Waals surface area contributed by atoms with Gasteiger partial charge in [-0.3, -0.25) is 9.69 Å². The summed E-state index contributed by atoms with van der Waals surface area (Å²) in [5.41, 5.74) is 2.12. The molecule has 3 aromatic rings. The van der Waals surface area contributed by atoms with Gasteiger partial charge in [-0.05, 0) is 42.0 Å². The maximum absolute atomic E-state index is 13.2. The van der Waals surface area contributed by atoms with Crippen LogP contribution in [0.1, 0.15) is 40.5 Å².